The monoisotopic (exact) mass is 1420 g/mol. The van der Waals surface area contributed by atoms with E-state index in [2.05, 4.69) is 30.3 Å². The van der Waals surface area contributed by atoms with Crippen molar-refractivity contribution in [3.05, 3.63) is 143 Å². The van der Waals surface area contributed by atoms with Gasteiger partial charge in [-0.3, -0.25) is 24.2 Å². The first-order chi connectivity index (χ1) is 45.8. The third-order valence-corrected chi connectivity index (χ3v) is 19.6. The zero-order valence-electron chi connectivity index (χ0n) is 55.1. The summed E-state index contributed by atoms with van der Waals surface area (Å²) in [6.07, 6.45) is -2.50. The van der Waals surface area contributed by atoms with Crippen molar-refractivity contribution >= 4 is 55.8 Å². The van der Waals surface area contributed by atoms with Crippen LogP contribution in [0.3, 0.4) is 0 Å². The van der Waals surface area contributed by atoms with Crippen LogP contribution in [0.5, 0.6) is 17.2 Å². The van der Waals surface area contributed by atoms with Gasteiger partial charge in [0.25, 0.3) is 5.69 Å². The Bertz CT molecular complexity index is 3930. The van der Waals surface area contributed by atoms with E-state index in [9.17, 15) is 52.9 Å². The lowest BCUT2D eigenvalue weighted by Gasteiger charge is -2.31. The molecule has 0 spiro atoms. The number of esters is 2. The van der Waals surface area contributed by atoms with E-state index < -0.39 is 125 Å². The zero-order valence-corrected chi connectivity index (χ0v) is 56.9. The number of nitrogen functional groups attached to an aromatic ring is 2. The maximum Gasteiger partial charge on any atom is 0.513 e. The zero-order chi connectivity index (χ0) is 70.9. The number of fused-ring (bicyclic) bond motifs is 3. The van der Waals surface area contributed by atoms with Crippen LogP contribution in [0.25, 0.3) is 11.0 Å². The van der Waals surface area contributed by atoms with Crippen molar-refractivity contribution in [2.45, 2.75) is 155 Å². The number of para-hydroxylation sites is 2. The van der Waals surface area contributed by atoms with Gasteiger partial charge >= 0.3 is 27.4 Å². The first-order valence-corrected chi connectivity index (χ1v) is 34.0. The number of carbonyl (C=O) groups is 2. The number of ether oxygens (including phenoxy) is 6. The molecule has 3 fully saturated rings. The van der Waals surface area contributed by atoms with E-state index in [0.717, 1.165) is 12.8 Å². The third-order valence-electron chi connectivity index (χ3n) is 16.4. The molecule has 540 valence electrons. The Labute approximate surface area is 568 Å². The van der Waals surface area contributed by atoms with E-state index in [0.29, 0.717) is 22.5 Å². The number of carbonyl (C=O) groups excluding carboxylic acids is 2. The van der Waals surface area contributed by atoms with Gasteiger partial charge in [-0.2, -0.15) is 20.4 Å². The van der Waals surface area contributed by atoms with Crippen LogP contribution in [0, 0.1) is 20.9 Å². The molecule has 3 aliphatic rings. The number of anilines is 2. The molecule has 9 N–H and O–H groups in total. The largest absolute Gasteiger partial charge is 0.513 e. The Morgan fingerprint density at radius 1 is 0.694 bits per heavy atom. The van der Waals surface area contributed by atoms with E-state index in [1.165, 1.54) is 67.4 Å². The first kappa shape index (κ1) is 77.5. The van der Waals surface area contributed by atoms with E-state index in [-0.39, 0.29) is 68.8 Å². The summed E-state index contributed by atoms with van der Waals surface area (Å²) in [6.45, 7) is 15.0. The maximum absolute atomic E-state index is 14.7. The molecule has 0 saturated carbocycles. The smallest absolute Gasteiger partial charge is 0.464 e. The molecule has 7 aromatic rings. The van der Waals surface area contributed by atoms with Crippen LogP contribution in [0.15, 0.2) is 122 Å². The summed E-state index contributed by atoms with van der Waals surface area (Å²) in [5.74, 6) is -1.24. The van der Waals surface area contributed by atoms with Crippen LogP contribution in [0.1, 0.15) is 116 Å². The van der Waals surface area contributed by atoms with Gasteiger partial charge in [0.05, 0.1) is 42.7 Å². The molecule has 0 radical (unpaired) electrons. The number of rotatable bonds is 27. The number of nitro groups is 1. The molecule has 98 heavy (non-hydrogen) atoms. The van der Waals surface area contributed by atoms with E-state index in [1.807, 2.05) is 41.5 Å². The van der Waals surface area contributed by atoms with Crippen LogP contribution in [0.4, 0.5) is 26.1 Å². The highest BCUT2D eigenvalue weighted by Gasteiger charge is 2.64. The second-order valence-electron chi connectivity index (χ2n) is 25.4. The topological polar surface area (TPSA) is 401 Å². The van der Waals surface area contributed by atoms with Crippen molar-refractivity contribution in [3.8, 4) is 17.2 Å². The SMILES string of the molecule is C.CC1(C)O[C@H]2[C@H](c3ccc4c(N)ncnn34)O[C@@](CO)(CF)[C@H]2O1.CCC(C)(C)COC(=O)[C@H](C)NP(=O)(OC[C@@]1(CF)O[C@@H](c2ccc3c(N)ncnn23)[C@H](O)[C@@H]1O)Oc1ccccc1.CCC(C)(C)COC(=O)[C@H](C)NP(=O)(Oc1ccccc1)Oc1ccc([N+](=O)[O-])cc1.[HH].[HH]. The highest BCUT2D eigenvalue weighted by molar-refractivity contribution is 7.52. The minimum Gasteiger partial charge on any atom is -0.464 e. The van der Waals surface area contributed by atoms with Crippen molar-refractivity contribution in [2.75, 3.05) is 51.2 Å². The third kappa shape index (κ3) is 18.3. The number of hydrogen-bond acceptors (Lipinski definition) is 25. The van der Waals surface area contributed by atoms with E-state index in [1.54, 1.807) is 91.2 Å². The van der Waals surface area contributed by atoms with Crippen molar-refractivity contribution < 1.29 is 97.1 Å². The molecule has 3 saturated heterocycles. The number of aromatic nitrogens is 6. The summed E-state index contributed by atoms with van der Waals surface area (Å²) in [4.78, 5) is 43.3. The molecule has 0 bridgehead atoms. The van der Waals surface area contributed by atoms with Crippen molar-refractivity contribution in [3.63, 3.8) is 0 Å². The Hall–Kier alpha value is -7.84. The predicted octanol–water partition coefficient (Wildman–Crippen LogP) is 9.82. The maximum atomic E-state index is 14.7. The standard InChI is InChI=1S/C27H37FN5O8P.C21H27N2O7P.C15H19FN4O4.CH4.2H2/c1-5-26(3,4)14-38-25(36)17(2)32-42(37,41-18-9-7-6-8-10-18)39-15-27(13-28)23(35)21(34)22(40-27)19-11-12-20-24(29)30-16-31-33(19)20;1-5-21(3,4)15-28-20(24)16(2)22-31(27,29-18-9-7-6-8-10-18)30-19-13-11-17(12-14-19)23(25)26;1-14(2)22-11-10(23-15(5-16,6-21)12(11)24-14)8-3-4-9-13(17)18-7-19-20(8)9;;;/h6-12,16-17,21-23,34-35H,5,13-15H2,1-4H3,(H,32,37)(H2,29,30,31);6-14,16H,5,15H2,1-4H3,(H,22,27);3-4,7,10-12,21H,5-6H2,1-2H3,(H2,17,18,19);1H4;2*1H/t17-,21-,22-,23-,27+,42?;16-,31?;10-,11-,12-,15+;;;/m000.../s1. The quantitative estimate of drug-likeness (QED) is 0.0109. The fourth-order valence-electron chi connectivity index (χ4n) is 9.99. The van der Waals surface area contributed by atoms with Crippen LogP contribution >= 0.6 is 15.5 Å². The normalized spacial score (nSPS) is 23.6. The van der Waals surface area contributed by atoms with Gasteiger partial charge in [0, 0.05) is 15.0 Å². The fraction of sp³-hybridized carbons (Fsp3) is 0.500. The average molecular weight is 1420 g/mol. The summed E-state index contributed by atoms with van der Waals surface area (Å²) in [5, 5.41) is 55.8. The fourth-order valence-corrected chi connectivity index (χ4v) is 13.1. The van der Waals surface area contributed by atoms with Gasteiger partial charge in [-0.25, -0.2) is 36.9 Å². The number of aliphatic hydroxyl groups is 3. The lowest BCUT2D eigenvalue weighted by molar-refractivity contribution is -0.384. The van der Waals surface area contributed by atoms with E-state index in [4.69, 9.17) is 58.0 Å². The highest BCUT2D eigenvalue weighted by atomic mass is 31.2. The number of nitro benzene ring substituents is 1. The second-order valence-corrected chi connectivity index (χ2v) is 28.7. The minimum absolute atomic E-state index is 0. The molecule has 3 aliphatic heterocycles. The van der Waals surface area contributed by atoms with Crippen LogP contribution in [0.2, 0.25) is 0 Å². The highest BCUT2D eigenvalue weighted by Crippen LogP contribution is 2.52. The number of aliphatic hydroxyl groups excluding tert-OH is 3. The lowest BCUT2D eigenvalue weighted by atomic mass is 9.92. The molecule has 10 rings (SSSR count). The van der Waals surface area contributed by atoms with Crippen molar-refractivity contribution in [1.29, 1.82) is 0 Å². The van der Waals surface area contributed by atoms with Crippen molar-refractivity contribution in [1.82, 2.24) is 39.4 Å². The van der Waals surface area contributed by atoms with Crippen LogP contribution in [-0.2, 0) is 51.7 Å². The lowest BCUT2D eigenvalue weighted by Crippen LogP contribution is -2.49. The molecule has 30 nitrogen and oxygen atoms in total. The van der Waals surface area contributed by atoms with Crippen LogP contribution < -0.4 is 35.2 Å². The molecular weight excluding hydrogens is 1330 g/mol. The predicted molar refractivity (Wildman–Crippen MR) is 358 cm³/mol. The molecule has 4 aromatic heterocycles. The number of nitrogens with one attached hydrogen (secondary N) is 2. The molecule has 0 aliphatic carbocycles. The van der Waals surface area contributed by atoms with Gasteiger partial charge in [0.1, 0.15) is 114 Å². The summed E-state index contributed by atoms with van der Waals surface area (Å²) < 4.78 is 115. The molecule has 7 heterocycles. The van der Waals surface area contributed by atoms with Gasteiger partial charge < -0.3 is 68.8 Å². The van der Waals surface area contributed by atoms with Crippen LogP contribution in [-0.4, -0.2) is 155 Å². The van der Waals surface area contributed by atoms with Gasteiger partial charge in [-0.05, 0) is 112 Å². The van der Waals surface area contributed by atoms with Gasteiger partial charge in [-0.15, -0.1) is 0 Å². The number of nitrogens with two attached hydrogens (primary N) is 2. The Morgan fingerprint density at radius 2 is 1.13 bits per heavy atom. The summed E-state index contributed by atoms with van der Waals surface area (Å²) >= 11 is 0. The Kier molecular flexibility index (Phi) is 25.3. The Morgan fingerprint density at radius 3 is 1.58 bits per heavy atom. The summed E-state index contributed by atoms with van der Waals surface area (Å²) in [6, 6.07) is 25.9. The van der Waals surface area contributed by atoms with Gasteiger partial charge in [0.2, 0.25) is 0 Å². The van der Waals surface area contributed by atoms with Crippen molar-refractivity contribution in [2.24, 2.45) is 10.8 Å². The Balaban J connectivity index is 0.000000276. The molecule has 2 unspecified atom stereocenters. The summed E-state index contributed by atoms with van der Waals surface area (Å²) in [5.41, 5.74) is 9.47. The number of nitrogens with zero attached hydrogens (tertiary/aromatic N) is 7. The molecule has 34 heteroatoms. The van der Waals surface area contributed by atoms with E-state index >= 15 is 0 Å². The first-order valence-electron chi connectivity index (χ1n) is 30.9. The van der Waals surface area contributed by atoms with Gasteiger partial charge in [0.15, 0.2) is 17.4 Å². The molecule has 12 atom stereocenters. The van der Waals surface area contributed by atoms with Gasteiger partial charge in [-0.1, -0.05) is 85.4 Å². The number of alkyl halides is 2. The second kappa shape index (κ2) is 32.0. The number of hydrogen-bond donors (Lipinski definition) is 7. The number of non-ortho nitro benzene ring substituents is 1. The minimum atomic E-state index is -4.44. The number of benzene rings is 3. The average Bonchev–Trinajstić information content (AvgIpc) is 1.58. The number of halogens is 2. The molecule has 3 aromatic carbocycles. The summed E-state index contributed by atoms with van der Waals surface area (Å²) in [7, 11) is -8.54. The molecular formula is C64H91F2N11O19P2. The molecule has 0 amide bonds.